The van der Waals surface area contributed by atoms with Gasteiger partial charge in [-0.05, 0) is 24.6 Å². The molecule has 1 atom stereocenters. The molecule has 90 valence electrons. The molecular formula is C12H19FN2O. The highest BCUT2D eigenvalue weighted by Crippen LogP contribution is 2.01. The Labute approximate surface area is 95.7 Å². The van der Waals surface area contributed by atoms with E-state index in [-0.39, 0.29) is 11.9 Å². The third-order valence-electron chi connectivity index (χ3n) is 2.16. The Bertz CT molecular complexity index is 288. The average molecular weight is 226 g/mol. The van der Waals surface area contributed by atoms with Crippen LogP contribution in [0.1, 0.15) is 12.5 Å². The summed E-state index contributed by atoms with van der Waals surface area (Å²) in [7, 11) is 0. The number of rotatable bonds is 7. The highest BCUT2D eigenvalue weighted by molar-refractivity contribution is 5.15. The maximum atomic E-state index is 12.6. The Hall–Kier alpha value is -0.970. The van der Waals surface area contributed by atoms with Gasteiger partial charge in [0.25, 0.3) is 0 Å². The van der Waals surface area contributed by atoms with Crippen molar-refractivity contribution in [2.75, 3.05) is 19.6 Å². The minimum Gasteiger partial charge on any atom is -0.392 e. The molecule has 3 N–H and O–H groups in total. The predicted molar refractivity (Wildman–Crippen MR) is 62.7 cm³/mol. The van der Waals surface area contributed by atoms with Crippen molar-refractivity contribution in [3.05, 3.63) is 35.6 Å². The van der Waals surface area contributed by atoms with E-state index in [2.05, 4.69) is 10.6 Å². The Kier molecular flexibility index (Phi) is 6.00. The van der Waals surface area contributed by atoms with Gasteiger partial charge in [0.2, 0.25) is 0 Å². The predicted octanol–water partition coefficient (Wildman–Crippen LogP) is 0.886. The normalized spacial score (nSPS) is 12.7. The number of aliphatic hydroxyl groups is 1. The van der Waals surface area contributed by atoms with Crippen LogP contribution in [0, 0.1) is 5.82 Å². The molecule has 0 aliphatic rings. The first-order chi connectivity index (χ1) is 7.68. The van der Waals surface area contributed by atoms with Crippen LogP contribution < -0.4 is 10.6 Å². The molecule has 0 aliphatic carbocycles. The molecule has 1 rings (SSSR count). The summed E-state index contributed by atoms with van der Waals surface area (Å²) < 4.78 is 12.6. The fourth-order valence-electron chi connectivity index (χ4n) is 1.32. The molecule has 0 unspecified atom stereocenters. The molecule has 0 aliphatic heterocycles. The fraction of sp³-hybridized carbons (Fsp3) is 0.500. The summed E-state index contributed by atoms with van der Waals surface area (Å²) in [6.07, 6.45) is -0.308. The lowest BCUT2D eigenvalue weighted by molar-refractivity contribution is 0.191. The van der Waals surface area contributed by atoms with Crippen LogP contribution in [0.25, 0.3) is 0 Å². The number of hydrogen-bond donors (Lipinski definition) is 3. The van der Waals surface area contributed by atoms with Gasteiger partial charge in [-0.2, -0.15) is 0 Å². The molecule has 0 amide bonds. The summed E-state index contributed by atoms with van der Waals surface area (Å²) in [5.41, 5.74) is 1.07. The van der Waals surface area contributed by atoms with Crippen molar-refractivity contribution in [1.82, 2.24) is 10.6 Å². The van der Waals surface area contributed by atoms with Crippen molar-refractivity contribution >= 4 is 0 Å². The quantitative estimate of drug-likeness (QED) is 0.605. The second-order valence-corrected chi connectivity index (χ2v) is 3.86. The van der Waals surface area contributed by atoms with E-state index in [1.807, 2.05) is 0 Å². The summed E-state index contributed by atoms with van der Waals surface area (Å²) in [5, 5.41) is 15.3. The van der Waals surface area contributed by atoms with Gasteiger partial charge in [-0.25, -0.2) is 4.39 Å². The van der Waals surface area contributed by atoms with E-state index in [9.17, 15) is 4.39 Å². The van der Waals surface area contributed by atoms with Gasteiger partial charge in [0.1, 0.15) is 5.82 Å². The molecule has 1 aromatic carbocycles. The van der Waals surface area contributed by atoms with Crippen molar-refractivity contribution in [1.29, 1.82) is 0 Å². The van der Waals surface area contributed by atoms with Gasteiger partial charge < -0.3 is 15.7 Å². The van der Waals surface area contributed by atoms with Crippen LogP contribution in [0.4, 0.5) is 4.39 Å². The first-order valence-electron chi connectivity index (χ1n) is 5.52. The zero-order valence-electron chi connectivity index (χ0n) is 9.54. The van der Waals surface area contributed by atoms with E-state index < -0.39 is 0 Å². The third kappa shape index (κ3) is 5.80. The van der Waals surface area contributed by atoms with Crippen molar-refractivity contribution in [3.8, 4) is 0 Å². The Morgan fingerprint density at radius 1 is 1.19 bits per heavy atom. The minimum absolute atomic E-state index is 0.206. The lowest BCUT2D eigenvalue weighted by Crippen LogP contribution is -2.31. The van der Waals surface area contributed by atoms with Crippen molar-refractivity contribution in [2.24, 2.45) is 0 Å². The second-order valence-electron chi connectivity index (χ2n) is 3.86. The Balaban J connectivity index is 2.05. The van der Waals surface area contributed by atoms with Crippen LogP contribution in [0.3, 0.4) is 0 Å². The number of hydrogen-bond acceptors (Lipinski definition) is 3. The number of halogens is 1. The van der Waals surface area contributed by atoms with E-state index in [1.54, 1.807) is 19.1 Å². The van der Waals surface area contributed by atoms with Gasteiger partial charge in [0.05, 0.1) is 6.10 Å². The third-order valence-corrected chi connectivity index (χ3v) is 2.16. The summed E-state index contributed by atoms with van der Waals surface area (Å²) in [6.45, 7) is 4.73. The molecule has 0 saturated heterocycles. The lowest BCUT2D eigenvalue weighted by atomic mass is 10.2. The summed E-state index contributed by atoms with van der Waals surface area (Å²) in [5.74, 6) is -0.206. The minimum atomic E-state index is -0.308. The number of aliphatic hydroxyl groups excluding tert-OH is 1. The monoisotopic (exact) mass is 226 g/mol. The molecule has 0 fully saturated rings. The highest BCUT2D eigenvalue weighted by atomic mass is 19.1. The molecule has 3 nitrogen and oxygen atoms in total. The molecule has 0 spiro atoms. The first-order valence-corrected chi connectivity index (χ1v) is 5.52. The van der Waals surface area contributed by atoms with E-state index in [4.69, 9.17) is 5.11 Å². The van der Waals surface area contributed by atoms with Crippen molar-refractivity contribution < 1.29 is 9.50 Å². The topological polar surface area (TPSA) is 44.3 Å². The van der Waals surface area contributed by atoms with Gasteiger partial charge in [0, 0.05) is 26.2 Å². The maximum absolute atomic E-state index is 12.6. The molecule has 4 heteroatoms. The number of benzene rings is 1. The number of nitrogens with one attached hydrogen (secondary N) is 2. The lowest BCUT2D eigenvalue weighted by Gasteiger charge is -2.08. The maximum Gasteiger partial charge on any atom is 0.123 e. The molecular weight excluding hydrogens is 207 g/mol. The van der Waals surface area contributed by atoms with Gasteiger partial charge in [-0.1, -0.05) is 12.1 Å². The molecule has 0 bridgehead atoms. The van der Waals surface area contributed by atoms with Gasteiger partial charge in [-0.15, -0.1) is 0 Å². The second kappa shape index (κ2) is 7.33. The zero-order valence-corrected chi connectivity index (χ0v) is 9.54. The van der Waals surface area contributed by atoms with Crippen molar-refractivity contribution in [2.45, 2.75) is 19.6 Å². The Morgan fingerprint density at radius 3 is 2.44 bits per heavy atom. The molecule has 0 saturated carbocycles. The molecule has 0 heterocycles. The molecule has 16 heavy (non-hydrogen) atoms. The van der Waals surface area contributed by atoms with Crippen LogP contribution in [0.2, 0.25) is 0 Å². The van der Waals surface area contributed by atoms with E-state index >= 15 is 0 Å². The van der Waals surface area contributed by atoms with Gasteiger partial charge in [0.15, 0.2) is 0 Å². The Morgan fingerprint density at radius 2 is 1.81 bits per heavy atom. The average Bonchev–Trinajstić information content (AvgIpc) is 2.25. The van der Waals surface area contributed by atoms with Gasteiger partial charge >= 0.3 is 0 Å². The molecule has 0 aromatic heterocycles. The summed E-state index contributed by atoms with van der Waals surface area (Å²) >= 11 is 0. The highest BCUT2D eigenvalue weighted by Gasteiger charge is 1.95. The first kappa shape index (κ1) is 13.1. The fourth-order valence-corrected chi connectivity index (χ4v) is 1.32. The van der Waals surface area contributed by atoms with E-state index in [1.165, 1.54) is 12.1 Å². The van der Waals surface area contributed by atoms with E-state index in [0.29, 0.717) is 6.54 Å². The van der Waals surface area contributed by atoms with E-state index in [0.717, 1.165) is 25.2 Å². The summed E-state index contributed by atoms with van der Waals surface area (Å²) in [6, 6.07) is 6.46. The van der Waals surface area contributed by atoms with Crippen LogP contribution in [-0.4, -0.2) is 30.8 Å². The smallest absolute Gasteiger partial charge is 0.123 e. The molecule has 1 aromatic rings. The van der Waals surface area contributed by atoms with Crippen LogP contribution in [-0.2, 0) is 6.54 Å². The van der Waals surface area contributed by atoms with Crippen LogP contribution in [0.5, 0.6) is 0 Å². The molecule has 0 radical (unpaired) electrons. The SMILES string of the molecule is C[C@H](O)CNCCNCc1ccc(F)cc1. The largest absolute Gasteiger partial charge is 0.392 e. The van der Waals surface area contributed by atoms with Crippen LogP contribution in [0.15, 0.2) is 24.3 Å². The van der Waals surface area contributed by atoms with Crippen LogP contribution >= 0.6 is 0 Å². The standard InChI is InChI=1S/C12H19FN2O/c1-10(16)8-14-6-7-15-9-11-2-4-12(13)5-3-11/h2-5,10,14-16H,6-9H2,1H3/t10-/m0/s1. The van der Waals surface area contributed by atoms with Crippen molar-refractivity contribution in [3.63, 3.8) is 0 Å². The zero-order chi connectivity index (χ0) is 11.8. The van der Waals surface area contributed by atoms with Gasteiger partial charge in [-0.3, -0.25) is 0 Å². The summed E-state index contributed by atoms with van der Waals surface area (Å²) in [4.78, 5) is 0.